The average molecular weight is 617 g/mol. The van der Waals surface area contributed by atoms with Crippen LogP contribution in [0.5, 0.6) is 0 Å². The molecule has 1 amide bonds. The van der Waals surface area contributed by atoms with Crippen LogP contribution in [0.1, 0.15) is 60.1 Å². The van der Waals surface area contributed by atoms with E-state index in [1.165, 1.54) is 24.6 Å². The molecule has 3 aromatic rings. The highest BCUT2D eigenvalue weighted by molar-refractivity contribution is 7.12. The molecule has 41 heavy (non-hydrogen) atoms. The number of allylic oxidation sites excluding steroid dienone is 1. The lowest BCUT2D eigenvalue weighted by molar-refractivity contribution is -0.619. The van der Waals surface area contributed by atoms with Gasteiger partial charge in [-0.3, -0.25) is 5.32 Å². The summed E-state index contributed by atoms with van der Waals surface area (Å²) in [6, 6.07) is 8.40. The molecule has 214 valence electrons. The molecule has 0 saturated heterocycles. The number of hydrogen-bond donors (Lipinski definition) is 2. The second-order valence-electron chi connectivity index (χ2n) is 10.8. The smallest absolute Gasteiger partial charge is 0.412 e. The Bertz CT molecular complexity index is 1640. The van der Waals surface area contributed by atoms with E-state index < -0.39 is 23.3 Å². The molecule has 9 nitrogen and oxygen atoms in total. The number of pyridine rings is 1. The van der Waals surface area contributed by atoms with Crippen LogP contribution in [0.15, 0.2) is 52.1 Å². The molecule has 0 fully saturated rings. The summed E-state index contributed by atoms with van der Waals surface area (Å²) in [6.45, 7) is 5.28. The van der Waals surface area contributed by atoms with Gasteiger partial charge in [-0.25, -0.2) is 14.6 Å². The van der Waals surface area contributed by atoms with Crippen molar-refractivity contribution in [2.24, 2.45) is 4.99 Å². The lowest BCUT2D eigenvalue weighted by Gasteiger charge is -2.23. The summed E-state index contributed by atoms with van der Waals surface area (Å²) >= 11 is 14.0. The minimum Gasteiger partial charge on any atom is -0.618 e. The van der Waals surface area contributed by atoms with Crippen LogP contribution in [0.25, 0.3) is 16.7 Å². The predicted molar refractivity (Wildman–Crippen MR) is 158 cm³/mol. The zero-order valence-electron chi connectivity index (χ0n) is 22.7. The van der Waals surface area contributed by atoms with Gasteiger partial charge in [0.25, 0.3) is 0 Å². The Morgan fingerprint density at radius 3 is 2.66 bits per heavy atom. The number of aliphatic hydroxyl groups is 1. The molecule has 2 aliphatic rings. The SMILES string of the molecule is COC(=O)c1cc(C2=C(Cl)N=C(C3(O)CCc4cc(-c5cc(Cl)ccc5NC(=O)OC(C)(C)C)c[n+]([O-])c43)C2)cs1. The highest BCUT2D eigenvalue weighted by Gasteiger charge is 2.50. The molecule has 1 aromatic carbocycles. The van der Waals surface area contributed by atoms with E-state index in [1.807, 2.05) is 0 Å². The van der Waals surface area contributed by atoms with Crippen molar-refractivity contribution < 1.29 is 28.9 Å². The standard InChI is InChI=1S/C29H27Cl2N3O6S/c1-28(2,3)40-27(36)32-21-6-5-18(30)11-19(21)16-9-15-7-8-29(37,24(15)34(38)13-16)23-12-20(25(31)33-23)17-10-22(41-14-17)26(35)39-4/h5-6,9-11,13-14,37H,7-8,12H2,1-4H3,(H,32,36). The summed E-state index contributed by atoms with van der Waals surface area (Å²) in [5.74, 6) is -0.451. The number of esters is 1. The van der Waals surface area contributed by atoms with Crippen LogP contribution in [0.2, 0.25) is 5.02 Å². The fourth-order valence-electron chi connectivity index (χ4n) is 5.03. The average Bonchev–Trinajstić information content (AvgIpc) is 3.61. The van der Waals surface area contributed by atoms with Crippen molar-refractivity contribution in [2.45, 2.75) is 51.2 Å². The van der Waals surface area contributed by atoms with Crippen LogP contribution in [-0.4, -0.2) is 35.6 Å². The van der Waals surface area contributed by atoms with Crippen LogP contribution >= 0.6 is 34.5 Å². The molecule has 0 bridgehead atoms. The second-order valence-corrected chi connectivity index (χ2v) is 12.5. The number of benzene rings is 1. The Morgan fingerprint density at radius 2 is 1.95 bits per heavy atom. The topological polar surface area (TPSA) is 124 Å². The van der Waals surface area contributed by atoms with Crippen LogP contribution in [0, 0.1) is 5.21 Å². The zero-order valence-corrected chi connectivity index (χ0v) is 25.0. The first-order valence-corrected chi connectivity index (χ1v) is 14.4. The molecule has 3 heterocycles. The molecule has 1 aliphatic carbocycles. The van der Waals surface area contributed by atoms with Gasteiger partial charge in [-0.15, -0.1) is 11.3 Å². The van der Waals surface area contributed by atoms with Gasteiger partial charge in [0.05, 0.1) is 18.5 Å². The molecule has 2 aromatic heterocycles. The van der Waals surface area contributed by atoms with Crippen LogP contribution in [0.4, 0.5) is 10.5 Å². The normalized spacial score (nSPS) is 18.3. The number of nitrogens with zero attached hydrogens (tertiary/aromatic N) is 2. The number of carbonyl (C=O) groups excluding carboxylic acids is 2. The third-order valence-corrected chi connectivity index (χ3v) is 8.28. The molecule has 0 spiro atoms. The van der Waals surface area contributed by atoms with Gasteiger partial charge in [0.15, 0.2) is 11.8 Å². The largest absolute Gasteiger partial charge is 0.618 e. The quantitative estimate of drug-likeness (QED) is 0.148. The highest BCUT2D eigenvalue weighted by Crippen LogP contribution is 2.45. The van der Waals surface area contributed by atoms with Gasteiger partial charge in [-0.05, 0) is 74.9 Å². The number of carbonyl (C=O) groups is 2. The van der Waals surface area contributed by atoms with Gasteiger partial charge in [0.1, 0.15) is 15.6 Å². The van der Waals surface area contributed by atoms with E-state index in [0.717, 1.165) is 0 Å². The second kappa shape index (κ2) is 10.8. The van der Waals surface area contributed by atoms with Gasteiger partial charge < -0.3 is 19.8 Å². The number of halogens is 2. The summed E-state index contributed by atoms with van der Waals surface area (Å²) in [4.78, 5) is 29.2. The Labute approximate surface area is 250 Å². The van der Waals surface area contributed by atoms with Crippen molar-refractivity contribution in [3.8, 4) is 11.1 Å². The minimum absolute atomic E-state index is 0.176. The summed E-state index contributed by atoms with van der Waals surface area (Å²) < 4.78 is 10.8. The Kier molecular flexibility index (Phi) is 7.63. The molecule has 0 saturated carbocycles. The Hall–Kier alpha value is -3.44. The minimum atomic E-state index is -1.63. The van der Waals surface area contributed by atoms with E-state index >= 15 is 0 Å². The number of amides is 1. The van der Waals surface area contributed by atoms with Gasteiger partial charge in [0, 0.05) is 33.7 Å². The first-order valence-electron chi connectivity index (χ1n) is 12.7. The molecular weight excluding hydrogens is 589 g/mol. The number of anilines is 1. The third kappa shape index (κ3) is 5.70. The van der Waals surface area contributed by atoms with E-state index in [0.29, 0.717) is 60.3 Å². The maximum Gasteiger partial charge on any atom is 0.412 e. The number of ether oxygens (including phenoxy) is 2. The van der Waals surface area contributed by atoms with Crippen molar-refractivity contribution >= 4 is 63.6 Å². The van der Waals surface area contributed by atoms with Gasteiger partial charge in [-0.1, -0.05) is 23.2 Å². The fourth-order valence-corrected chi connectivity index (χ4v) is 6.32. The highest BCUT2D eigenvalue weighted by atomic mass is 35.5. The van der Waals surface area contributed by atoms with Gasteiger partial charge in [0.2, 0.25) is 5.69 Å². The molecule has 0 radical (unpaired) electrons. The maximum atomic E-state index is 13.5. The zero-order chi connectivity index (χ0) is 29.7. The molecular formula is C29H27Cl2N3O6S. The van der Waals surface area contributed by atoms with E-state index in [4.69, 9.17) is 32.7 Å². The molecule has 1 unspecified atom stereocenters. The molecule has 1 aliphatic heterocycles. The first kappa shape index (κ1) is 29.1. The van der Waals surface area contributed by atoms with E-state index in [9.17, 15) is 19.9 Å². The predicted octanol–water partition coefficient (Wildman–Crippen LogP) is 6.42. The third-order valence-electron chi connectivity index (χ3n) is 6.83. The number of hydrogen-bond acceptors (Lipinski definition) is 8. The van der Waals surface area contributed by atoms with Crippen LogP contribution in [0.3, 0.4) is 0 Å². The number of aromatic nitrogens is 1. The number of fused-ring (bicyclic) bond motifs is 1. The lowest BCUT2D eigenvalue weighted by Crippen LogP contribution is -2.45. The lowest BCUT2D eigenvalue weighted by atomic mass is 9.89. The van der Waals surface area contributed by atoms with E-state index in [1.54, 1.807) is 56.5 Å². The number of methoxy groups -OCH3 is 1. The first-order chi connectivity index (χ1) is 19.3. The van der Waals surface area contributed by atoms with Crippen molar-refractivity contribution in [2.75, 3.05) is 12.4 Å². The fraction of sp³-hybridized carbons (Fsp3) is 0.310. The van der Waals surface area contributed by atoms with Crippen LogP contribution in [-0.2, 0) is 21.5 Å². The van der Waals surface area contributed by atoms with Gasteiger partial charge in [-0.2, -0.15) is 4.73 Å². The number of nitrogens with one attached hydrogen (secondary N) is 1. The number of aliphatic imine (C=N–C) groups is 1. The molecule has 2 N–H and O–H groups in total. The Morgan fingerprint density at radius 1 is 1.20 bits per heavy atom. The summed E-state index contributed by atoms with van der Waals surface area (Å²) in [5, 5.41) is 30.4. The van der Waals surface area contributed by atoms with Crippen molar-refractivity contribution in [1.82, 2.24) is 0 Å². The summed E-state index contributed by atoms with van der Waals surface area (Å²) in [7, 11) is 1.31. The molecule has 5 rings (SSSR count). The molecule has 12 heteroatoms. The van der Waals surface area contributed by atoms with E-state index in [2.05, 4.69) is 10.3 Å². The van der Waals surface area contributed by atoms with Crippen molar-refractivity contribution in [3.05, 3.63) is 79.0 Å². The number of aryl methyl sites for hydroxylation is 1. The summed E-state index contributed by atoms with van der Waals surface area (Å²) in [5.41, 5.74) is 1.65. The van der Waals surface area contributed by atoms with Crippen molar-refractivity contribution in [3.63, 3.8) is 0 Å². The monoisotopic (exact) mass is 615 g/mol. The van der Waals surface area contributed by atoms with Crippen LogP contribution < -0.4 is 10.0 Å². The maximum absolute atomic E-state index is 13.5. The number of thiophene rings is 1. The number of rotatable bonds is 5. The van der Waals surface area contributed by atoms with Crippen molar-refractivity contribution in [1.29, 1.82) is 0 Å². The van der Waals surface area contributed by atoms with E-state index in [-0.39, 0.29) is 23.7 Å². The Balaban J connectivity index is 1.44. The molecule has 1 atom stereocenters. The summed E-state index contributed by atoms with van der Waals surface area (Å²) in [6.07, 6.45) is 1.56. The van der Waals surface area contributed by atoms with Gasteiger partial charge >= 0.3 is 12.1 Å².